The van der Waals surface area contributed by atoms with Crippen molar-refractivity contribution in [3.63, 3.8) is 0 Å². The summed E-state index contributed by atoms with van der Waals surface area (Å²) in [5, 5.41) is 11.1. The number of tetrazole rings is 1. The summed E-state index contributed by atoms with van der Waals surface area (Å²) in [4.78, 5) is 0. The lowest BCUT2D eigenvalue weighted by atomic mass is 10.1. The fraction of sp³-hybridized carbons (Fsp3) is 0.417. The molecular formula is C12H13F2N5O2. The van der Waals surface area contributed by atoms with Crippen LogP contribution in [0, 0.1) is 11.6 Å². The molecule has 1 aliphatic rings. The minimum absolute atomic E-state index is 0.0376. The van der Waals surface area contributed by atoms with Crippen molar-refractivity contribution < 1.29 is 18.3 Å². The molecule has 1 atom stereocenters. The highest BCUT2D eigenvalue weighted by molar-refractivity contribution is 5.62. The predicted molar refractivity (Wildman–Crippen MR) is 68.1 cm³/mol. The number of nitrogen functional groups attached to an aromatic ring is 1. The Balaban J connectivity index is 1.89. The van der Waals surface area contributed by atoms with Crippen molar-refractivity contribution in [3.8, 4) is 11.4 Å². The lowest BCUT2D eigenvalue weighted by molar-refractivity contribution is -0.0946. The summed E-state index contributed by atoms with van der Waals surface area (Å²) in [6.07, 6.45) is -0.221. The van der Waals surface area contributed by atoms with Crippen LogP contribution in [0.25, 0.3) is 11.4 Å². The van der Waals surface area contributed by atoms with Gasteiger partial charge in [-0.15, -0.1) is 5.10 Å². The van der Waals surface area contributed by atoms with Crippen LogP contribution in [-0.4, -0.2) is 46.1 Å². The Labute approximate surface area is 118 Å². The van der Waals surface area contributed by atoms with Crippen molar-refractivity contribution in [2.45, 2.75) is 12.6 Å². The molecule has 2 N–H and O–H groups in total. The maximum Gasteiger partial charge on any atom is 0.185 e. The quantitative estimate of drug-likeness (QED) is 0.835. The average molecular weight is 297 g/mol. The van der Waals surface area contributed by atoms with Crippen molar-refractivity contribution in [2.75, 3.05) is 25.6 Å². The second-order valence-corrected chi connectivity index (χ2v) is 4.61. The molecule has 0 aliphatic carbocycles. The van der Waals surface area contributed by atoms with Gasteiger partial charge in [0.1, 0.15) is 17.7 Å². The number of hydrogen-bond donors (Lipinski definition) is 1. The van der Waals surface area contributed by atoms with E-state index in [2.05, 4.69) is 15.5 Å². The Morgan fingerprint density at radius 1 is 1.29 bits per heavy atom. The SMILES string of the molecule is Nc1cc(-c2nnnn2CC2COCCO2)c(F)cc1F. The van der Waals surface area contributed by atoms with Crippen molar-refractivity contribution >= 4 is 5.69 Å². The first kappa shape index (κ1) is 13.8. The van der Waals surface area contributed by atoms with Crippen LogP contribution >= 0.6 is 0 Å². The van der Waals surface area contributed by atoms with Crippen LogP contribution in [0.15, 0.2) is 12.1 Å². The van der Waals surface area contributed by atoms with Gasteiger partial charge in [-0.2, -0.15) is 0 Å². The molecule has 112 valence electrons. The van der Waals surface area contributed by atoms with Crippen LogP contribution in [0.5, 0.6) is 0 Å². The summed E-state index contributed by atoms with van der Waals surface area (Å²) in [6, 6.07) is 1.88. The molecule has 9 heteroatoms. The fourth-order valence-electron chi connectivity index (χ4n) is 2.09. The summed E-state index contributed by atoms with van der Waals surface area (Å²) >= 11 is 0. The molecule has 0 amide bonds. The van der Waals surface area contributed by atoms with Crippen molar-refractivity contribution in [3.05, 3.63) is 23.8 Å². The van der Waals surface area contributed by atoms with E-state index in [0.29, 0.717) is 32.4 Å². The molecule has 1 saturated heterocycles. The molecule has 0 bridgehead atoms. The van der Waals surface area contributed by atoms with Gasteiger partial charge in [-0.3, -0.25) is 0 Å². The Morgan fingerprint density at radius 3 is 2.90 bits per heavy atom. The zero-order chi connectivity index (χ0) is 14.8. The first-order chi connectivity index (χ1) is 10.1. The standard InChI is InChI=1S/C12H13F2N5O2/c13-9-4-10(14)11(15)3-8(9)12-16-17-18-19(12)5-7-6-20-1-2-21-7/h3-4,7H,1-2,5-6,15H2. The van der Waals surface area contributed by atoms with Gasteiger partial charge in [-0.1, -0.05) is 0 Å². The van der Waals surface area contributed by atoms with Gasteiger partial charge in [0, 0.05) is 6.07 Å². The van der Waals surface area contributed by atoms with E-state index in [1.54, 1.807) is 0 Å². The van der Waals surface area contributed by atoms with Crippen LogP contribution in [0.4, 0.5) is 14.5 Å². The van der Waals surface area contributed by atoms with E-state index in [1.165, 1.54) is 10.7 Å². The van der Waals surface area contributed by atoms with E-state index in [-0.39, 0.29) is 23.2 Å². The normalized spacial score (nSPS) is 18.9. The third-order valence-electron chi connectivity index (χ3n) is 3.12. The summed E-state index contributed by atoms with van der Waals surface area (Å²) < 4.78 is 39.3. The molecule has 0 saturated carbocycles. The number of aromatic nitrogens is 4. The number of nitrogens with two attached hydrogens (primary N) is 1. The Hall–Kier alpha value is -2.13. The van der Waals surface area contributed by atoms with Gasteiger partial charge in [-0.05, 0) is 16.5 Å². The van der Waals surface area contributed by atoms with Gasteiger partial charge in [0.15, 0.2) is 5.82 Å². The molecule has 3 rings (SSSR count). The van der Waals surface area contributed by atoms with E-state index in [1.807, 2.05) is 0 Å². The monoisotopic (exact) mass is 297 g/mol. The van der Waals surface area contributed by atoms with Crippen LogP contribution in [-0.2, 0) is 16.0 Å². The largest absolute Gasteiger partial charge is 0.396 e. The molecule has 0 radical (unpaired) electrons. The van der Waals surface area contributed by atoms with Crippen LogP contribution in [0.1, 0.15) is 0 Å². The van der Waals surface area contributed by atoms with Gasteiger partial charge in [0.25, 0.3) is 0 Å². The molecule has 2 aromatic rings. The highest BCUT2D eigenvalue weighted by atomic mass is 19.1. The zero-order valence-electron chi connectivity index (χ0n) is 11.0. The Kier molecular flexibility index (Phi) is 3.76. The minimum Gasteiger partial charge on any atom is -0.396 e. The van der Waals surface area contributed by atoms with Gasteiger partial charge < -0.3 is 15.2 Å². The smallest absolute Gasteiger partial charge is 0.185 e. The van der Waals surface area contributed by atoms with E-state index < -0.39 is 11.6 Å². The summed E-state index contributed by atoms with van der Waals surface area (Å²) in [5.41, 5.74) is 5.34. The molecule has 7 nitrogen and oxygen atoms in total. The molecule has 1 unspecified atom stereocenters. The van der Waals surface area contributed by atoms with Crippen molar-refractivity contribution in [2.24, 2.45) is 0 Å². The topological polar surface area (TPSA) is 88.1 Å². The lowest BCUT2D eigenvalue weighted by Gasteiger charge is -2.22. The molecule has 1 aromatic heterocycles. The molecule has 1 aromatic carbocycles. The maximum absolute atomic E-state index is 13.9. The first-order valence-corrected chi connectivity index (χ1v) is 6.35. The number of nitrogens with zero attached hydrogens (tertiary/aromatic N) is 4. The minimum atomic E-state index is -0.820. The zero-order valence-corrected chi connectivity index (χ0v) is 11.0. The number of halogens is 2. The van der Waals surface area contributed by atoms with Crippen LogP contribution in [0.2, 0.25) is 0 Å². The first-order valence-electron chi connectivity index (χ1n) is 6.35. The predicted octanol–water partition coefficient (Wildman–Crippen LogP) is 0.616. The second kappa shape index (κ2) is 5.70. The Bertz CT molecular complexity index is 643. The highest BCUT2D eigenvalue weighted by Gasteiger charge is 2.21. The number of ether oxygens (including phenoxy) is 2. The van der Waals surface area contributed by atoms with E-state index >= 15 is 0 Å². The molecule has 1 aliphatic heterocycles. The van der Waals surface area contributed by atoms with Gasteiger partial charge in [-0.25, -0.2) is 13.5 Å². The highest BCUT2D eigenvalue weighted by Crippen LogP contribution is 2.25. The number of benzene rings is 1. The third-order valence-corrected chi connectivity index (χ3v) is 3.12. The number of rotatable bonds is 3. The van der Waals surface area contributed by atoms with E-state index in [9.17, 15) is 8.78 Å². The van der Waals surface area contributed by atoms with E-state index in [4.69, 9.17) is 15.2 Å². The van der Waals surface area contributed by atoms with Crippen LogP contribution < -0.4 is 5.73 Å². The molecule has 0 spiro atoms. The maximum atomic E-state index is 13.9. The average Bonchev–Trinajstić information content (AvgIpc) is 2.92. The summed E-state index contributed by atoms with van der Waals surface area (Å²) in [5.74, 6) is -1.44. The van der Waals surface area contributed by atoms with Gasteiger partial charge in [0.05, 0.1) is 37.6 Å². The number of anilines is 1. The van der Waals surface area contributed by atoms with Gasteiger partial charge in [0.2, 0.25) is 0 Å². The molecule has 21 heavy (non-hydrogen) atoms. The Morgan fingerprint density at radius 2 is 2.14 bits per heavy atom. The summed E-state index contributed by atoms with van der Waals surface area (Å²) in [6.45, 7) is 1.74. The molecule has 1 fully saturated rings. The van der Waals surface area contributed by atoms with E-state index in [0.717, 1.165) is 0 Å². The third kappa shape index (κ3) is 2.83. The second-order valence-electron chi connectivity index (χ2n) is 4.61. The van der Waals surface area contributed by atoms with Crippen LogP contribution in [0.3, 0.4) is 0 Å². The molecule has 2 heterocycles. The lowest BCUT2D eigenvalue weighted by Crippen LogP contribution is -2.32. The number of hydrogen-bond acceptors (Lipinski definition) is 6. The van der Waals surface area contributed by atoms with Crippen molar-refractivity contribution in [1.82, 2.24) is 20.2 Å². The van der Waals surface area contributed by atoms with Crippen molar-refractivity contribution in [1.29, 1.82) is 0 Å². The summed E-state index contributed by atoms with van der Waals surface area (Å²) in [7, 11) is 0. The van der Waals surface area contributed by atoms with Gasteiger partial charge >= 0.3 is 0 Å². The molecular weight excluding hydrogens is 284 g/mol. The fourth-order valence-corrected chi connectivity index (χ4v) is 2.09.